The summed E-state index contributed by atoms with van der Waals surface area (Å²) in [6, 6.07) is 8.36. The van der Waals surface area contributed by atoms with Crippen molar-refractivity contribution in [2.75, 3.05) is 6.54 Å². The lowest BCUT2D eigenvalue weighted by molar-refractivity contribution is 0.658. The fourth-order valence-corrected chi connectivity index (χ4v) is 2.76. The summed E-state index contributed by atoms with van der Waals surface area (Å²) in [5.74, 6) is 0. The minimum absolute atomic E-state index is 0.177. The standard InChI is InChI=1S/C15H18N2O/c1-2-7-16-10-13-9-12-5-3-4-11-6-8-17(14(11)12)15(13)18/h3-5,9,16H,2,6-8,10H2,1H3. The second kappa shape index (κ2) is 4.58. The van der Waals surface area contributed by atoms with E-state index < -0.39 is 0 Å². The van der Waals surface area contributed by atoms with Gasteiger partial charge in [0.2, 0.25) is 0 Å². The lowest BCUT2D eigenvalue weighted by Gasteiger charge is -2.08. The molecule has 0 saturated heterocycles. The summed E-state index contributed by atoms with van der Waals surface area (Å²) in [5, 5.41) is 4.50. The van der Waals surface area contributed by atoms with E-state index in [1.165, 1.54) is 10.9 Å². The van der Waals surface area contributed by atoms with Crippen LogP contribution in [0, 0.1) is 0 Å². The molecule has 0 amide bonds. The first-order chi connectivity index (χ1) is 8.81. The summed E-state index contributed by atoms with van der Waals surface area (Å²) < 4.78 is 1.94. The number of nitrogens with one attached hydrogen (secondary N) is 1. The Morgan fingerprint density at radius 1 is 1.39 bits per heavy atom. The van der Waals surface area contributed by atoms with Crippen molar-refractivity contribution in [3.63, 3.8) is 0 Å². The van der Waals surface area contributed by atoms with E-state index in [0.29, 0.717) is 6.54 Å². The van der Waals surface area contributed by atoms with E-state index >= 15 is 0 Å². The molecule has 0 atom stereocenters. The molecule has 94 valence electrons. The molecule has 0 saturated carbocycles. The molecule has 0 spiro atoms. The summed E-state index contributed by atoms with van der Waals surface area (Å²) in [5.41, 5.74) is 3.51. The fraction of sp³-hybridized carbons (Fsp3) is 0.400. The molecular formula is C15H18N2O. The van der Waals surface area contributed by atoms with Crippen LogP contribution in [0.25, 0.3) is 10.9 Å². The molecular weight excluding hydrogens is 224 g/mol. The third kappa shape index (κ3) is 1.75. The maximum absolute atomic E-state index is 12.4. The molecule has 18 heavy (non-hydrogen) atoms. The van der Waals surface area contributed by atoms with Crippen LogP contribution >= 0.6 is 0 Å². The Labute approximate surface area is 106 Å². The molecule has 1 aromatic carbocycles. The predicted octanol–water partition coefficient (Wildman–Crippen LogP) is 2.06. The molecule has 1 aliphatic rings. The second-order valence-electron chi connectivity index (χ2n) is 4.91. The molecule has 3 heteroatoms. The Morgan fingerprint density at radius 3 is 3.11 bits per heavy atom. The highest BCUT2D eigenvalue weighted by Gasteiger charge is 2.16. The summed E-state index contributed by atoms with van der Waals surface area (Å²) >= 11 is 0. The van der Waals surface area contributed by atoms with E-state index in [1.54, 1.807) is 0 Å². The van der Waals surface area contributed by atoms with Crippen molar-refractivity contribution < 1.29 is 0 Å². The van der Waals surface area contributed by atoms with Crippen LogP contribution in [0.2, 0.25) is 0 Å². The Kier molecular flexibility index (Phi) is 2.92. The van der Waals surface area contributed by atoms with E-state index in [4.69, 9.17) is 0 Å². The number of hydrogen-bond acceptors (Lipinski definition) is 2. The summed E-state index contributed by atoms with van der Waals surface area (Å²) in [4.78, 5) is 12.4. The van der Waals surface area contributed by atoms with E-state index in [-0.39, 0.29) is 5.56 Å². The van der Waals surface area contributed by atoms with E-state index in [1.807, 2.05) is 10.6 Å². The Bertz CT molecular complexity index is 643. The molecule has 0 bridgehead atoms. The van der Waals surface area contributed by atoms with Crippen LogP contribution in [0.4, 0.5) is 0 Å². The third-order valence-corrected chi connectivity index (χ3v) is 3.62. The van der Waals surface area contributed by atoms with Gasteiger partial charge in [0.1, 0.15) is 0 Å². The van der Waals surface area contributed by atoms with Crippen LogP contribution in [0.1, 0.15) is 24.5 Å². The Morgan fingerprint density at radius 2 is 2.28 bits per heavy atom. The van der Waals surface area contributed by atoms with Crippen molar-refractivity contribution in [1.29, 1.82) is 0 Å². The van der Waals surface area contributed by atoms with Crippen molar-refractivity contribution in [3.8, 4) is 0 Å². The number of hydrogen-bond donors (Lipinski definition) is 1. The van der Waals surface area contributed by atoms with Crippen molar-refractivity contribution in [2.24, 2.45) is 0 Å². The monoisotopic (exact) mass is 242 g/mol. The highest BCUT2D eigenvalue weighted by molar-refractivity contribution is 5.84. The predicted molar refractivity (Wildman–Crippen MR) is 73.9 cm³/mol. The molecule has 0 radical (unpaired) electrons. The van der Waals surface area contributed by atoms with Crippen molar-refractivity contribution in [3.05, 3.63) is 45.7 Å². The molecule has 1 N–H and O–H groups in total. The fourth-order valence-electron chi connectivity index (χ4n) is 2.76. The SMILES string of the molecule is CCCNCc1cc2cccc3c2n(c1=O)CC3. The van der Waals surface area contributed by atoms with Crippen molar-refractivity contribution >= 4 is 10.9 Å². The molecule has 0 unspecified atom stereocenters. The molecule has 1 aliphatic heterocycles. The van der Waals surface area contributed by atoms with Gasteiger partial charge in [-0.1, -0.05) is 25.1 Å². The van der Waals surface area contributed by atoms with Crippen LogP contribution in [-0.4, -0.2) is 11.1 Å². The quantitative estimate of drug-likeness (QED) is 0.833. The number of nitrogens with zero attached hydrogens (tertiary/aromatic N) is 1. The van der Waals surface area contributed by atoms with Gasteiger partial charge in [0.15, 0.2) is 0 Å². The second-order valence-corrected chi connectivity index (χ2v) is 4.91. The van der Waals surface area contributed by atoms with Gasteiger partial charge >= 0.3 is 0 Å². The van der Waals surface area contributed by atoms with Crippen molar-refractivity contribution in [1.82, 2.24) is 9.88 Å². The van der Waals surface area contributed by atoms with Crippen LogP contribution in [0.15, 0.2) is 29.1 Å². The Hall–Kier alpha value is -1.61. The smallest absolute Gasteiger partial charge is 0.255 e. The number of aryl methyl sites for hydroxylation is 2. The minimum atomic E-state index is 0.177. The van der Waals surface area contributed by atoms with Gasteiger partial charge in [0.05, 0.1) is 5.52 Å². The van der Waals surface area contributed by atoms with Crippen LogP contribution in [0.3, 0.4) is 0 Å². The first-order valence-electron chi connectivity index (χ1n) is 6.66. The molecule has 0 aliphatic carbocycles. The van der Waals surface area contributed by atoms with E-state index in [0.717, 1.165) is 37.0 Å². The number of pyridine rings is 1. The third-order valence-electron chi connectivity index (χ3n) is 3.62. The zero-order chi connectivity index (χ0) is 12.5. The normalized spacial score (nSPS) is 13.4. The number of para-hydroxylation sites is 1. The van der Waals surface area contributed by atoms with Gasteiger partial charge in [-0.2, -0.15) is 0 Å². The van der Waals surface area contributed by atoms with Gasteiger partial charge in [0.25, 0.3) is 5.56 Å². The van der Waals surface area contributed by atoms with Gasteiger partial charge < -0.3 is 9.88 Å². The minimum Gasteiger partial charge on any atom is -0.312 e. The number of aromatic nitrogens is 1. The number of benzene rings is 1. The van der Waals surface area contributed by atoms with Gasteiger partial charge in [-0.05, 0) is 36.4 Å². The van der Waals surface area contributed by atoms with Gasteiger partial charge in [0, 0.05) is 18.7 Å². The van der Waals surface area contributed by atoms with Gasteiger partial charge in [-0.15, -0.1) is 0 Å². The lowest BCUT2D eigenvalue weighted by atomic mass is 10.1. The zero-order valence-corrected chi connectivity index (χ0v) is 10.7. The van der Waals surface area contributed by atoms with Crippen LogP contribution in [-0.2, 0) is 19.5 Å². The molecule has 2 heterocycles. The van der Waals surface area contributed by atoms with Crippen LogP contribution in [0.5, 0.6) is 0 Å². The summed E-state index contributed by atoms with van der Waals surface area (Å²) in [6.45, 7) is 4.59. The first kappa shape index (κ1) is 11.5. The summed E-state index contributed by atoms with van der Waals surface area (Å²) in [6.07, 6.45) is 2.07. The molecule has 3 rings (SSSR count). The molecule has 3 nitrogen and oxygen atoms in total. The van der Waals surface area contributed by atoms with Gasteiger partial charge in [-0.3, -0.25) is 4.79 Å². The molecule has 2 aromatic rings. The first-order valence-corrected chi connectivity index (χ1v) is 6.66. The highest BCUT2D eigenvalue weighted by Crippen LogP contribution is 2.24. The van der Waals surface area contributed by atoms with E-state index in [2.05, 4.69) is 30.4 Å². The maximum atomic E-state index is 12.4. The largest absolute Gasteiger partial charge is 0.312 e. The number of rotatable bonds is 4. The lowest BCUT2D eigenvalue weighted by Crippen LogP contribution is -2.26. The van der Waals surface area contributed by atoms with Gasteiger partial charge in [-0.25, -0.2) is 0 Å². The highest BCUT2D eigenvalue weighted by atomic mass is 16.1. The zero-order valence-electron chi connectivity index (χ0n) is 10.7. The topological polar surface area (TPSA) is 34.0 Å². The maximum Gasteiger partial charge on any atom is 0.255 e. The van der Waals surface area contributed by atoms with Crippen molar-refractivity contribution in [2.45, 2.75) is 32.9 Å². The molecule has 0 fully saturated rings. The Balaban J connectivity index is 2.09. The average molecular weight is 242 g/mol. The molecule has 1 aromatic heterocycles. The van der Waals surface area contributed by atoms with Crippen LogP contribution < -0.4 is 10.9 Å². The average Bonchev–Trinajstić information content (AvgIpc) is 2.81. The van der Waals surface area contributed by atoms with E-state index in [9.17, 15) is 4.79 Å². The summed E-state index contributed by atoms with van der Waals surface area (Å²) in [7, 11) is 0.